The van der Waals surface area contributed by atoms with E-state index in [2.05, 4.69) is 76.8 Å². The summed E-state index contributed by atoms with van der Waals surface area (Å²) in [4.78, 5) is 20.9. The number of hydrogen-bond acceptors (Lipinski definition) is 3. The van der Waals surface area contributed by atoms with Crippen molar-refractivity contribution in [2.24, 2.45) is 5.92 Å². The largest absolute Gasteiger partial charge is 0.342 e. The molecule has 3 aliphatic heterocycles. The van der Waals surface area contributed by atoms with Gasteiger partial charge in [-0.3, -0.25) is 14.6 Å². The first-order chi connectivity index (χ1) is 17.7. The van der Waals surface area contributed by atoms with Crippen molar-refractivity contribution in [3.8, 4) is 0 Å². The van der Waals surface area contributed by atoms with Crippen molar-refractivity contribution in [3.05, 3.63) is 71.8 Å². The fourth-order valence-corrected chi connectivity index (χ4v) is 7.02. The average Bonchev–Trinajstić information content (AvgIpc) is 3.06. The van der Waals surface area contributed by atoms with Crippen molar-refractivity contribution in [1.29, 1.82) is 0 Å². The second kappa shape index (κ2) is 11.9. The van der Waals surface area contributed by atoms with E-state index >= 15 is 0 Å². The van der Waals surface area contributed by atoms with Crippen LogP contribution in [0.3, 0.4) is 0 Å². The van der Waals surface area contributed by atoms with Gasteiger partial charge in [0.15, 0.2) is 0 Å². The first kappa shape index (κ1) is 25.5. The van der Waals surface area contributed by atoms with Crippen LogP contribution in [0.2, 0.25) is 0 Å². The highest BCUT2D eigenvalue weighted by molar-refractivity contribution is 5.81. The molecule has 4 atom stereocenters. The van der Waals surface area contributed by atoms with Gasteiger partial charge >= 0.3 is 0 Å². The number of aryl methyl sites for hydroxylation is 1. The maximum absolute atomic E-state index is 13.3. The van der Waals surface area contributed by atoms with Gasteiger partial charge in [-0.25, -0.2) is 0 Å². The van der Waals surface area contributed by atoms with Crippen LogP contribution in [0, 0.1) is 5.92 Å². The van der Waals surface area contributed by atoms with Crippen LogP contribution in [0.15, 0.2) is 60.7 Å². The van der Waals surface area contributed by atoms with E-state index in [1.807, 2.05) is 0 Å². The second-order valence-corrected chi connectivity index (χ2v) is 11.3. The van der Waals surface area contributed by atoms with Crippen LogP contribution in [0.1, 0.15) is 75.5 Å². The standard InChI is InChI=1S/C32H45N3O/c1-3-19-33-22-18-29-16-17-30(24-33)35(29)31(28-11-9-10-25(4-2)23-28)26-12-14-27(15-13-26)32(36)34-20-7-5-6-8-21-34/h3,9-14,23,27,29-31H,1,4-8,15-22,24H2,2H3. The normalized spacial score (nSPS) is 28.3. The fourth-order valence-electron chi connectivity index (χ4n) is 7.02. The maximum atomic E-state index is 13.3. The van der Waals surface area contributed by atoms with Crippen LogP contribution >= 0.6 is 0 Å². The Balaban J connectivity index is 1.41. The molecule has 0 radical (unpaired) electrons. The van der Waals surface area contributed by atoms with E-state index in [1.54, 1.807) is 0 Å². The topological polar surface area (TPSA) is 26.8 Å². The molecule has 1 aromatic rings. The molecule has 4 heteroatoms. The number of carbonyl (C=O) groups excluding carboxylic acids is 1. The van der Waals surface area contributed by atoms with Crippen molar-refractivity contribution in [2.75, 3.05) is 32.7 Å². The van der Waals surface area contributed by atoms with Crippen LogP contribution < -0.4 is 0 Å². The highest BCUT2D eigenvalue weighted by Gasteiger charge is 2.42. The molecule has 0 saturated carbocycles. The molecule has 1 aromatic carbocycles. The molecule has 194 valence electrons. The molecule has 3 fully saturated rings. The molecule has 4 aliphatic rings. The predicted molar refractivity (Wildman–Crippen MR) is 149 cm³/mol. The third-order valence-electron chi connectivity index (χ3n) is 8.96. The monoisotopic (exact) mass is 487 g/mol. The molecule has 4 unspecified atom stereocenters. The van der Waals surface area contributed by atoms with Crippen molar-refractivity contribution in [3.63, 3.8) is 0 Å². The first-order valence-electron chi connectivity index (χ1n) is 14.5. The van der Waals surface area contributed by atoms with Gasteiger partial charge in [0, 0.05) is 44.8 Å². The molecule has 1 amide bonds. The van der Waals surface area contributed by atoms with Crippen LogP contribution in [0.5, 0.6) is 0 Å². The molecular formula is C32H45N3O. The fraction of sp³-hybridized carbons (Fsp3) is 0.594. The van der Waals surface area contributed by atoms with E-state index in [-0.39, 0.29) is 12.0 Å². The van der Waals surface area contributed by atoms with Crippen LogP contribution in [0.4, 0.5) is 0 Å². The summed E-state index contributed by atoms with van der Waals surface area (Å²) < 4.78 is 0. The van der Waals surface area contributed by atoms with Gasteiger partial charge in [-0.05, 0) is 61.6 Å². The zero-order valence-electron chi connectivity index (χ0n) is 22.3. The quantitative estimate of drug-likeness (QED) is 0.447. The molecule has 3 heterocycles. The molecule has 1 aliphatic carbocycles. The SMILES string of the molecule is C=CCN1CCC2CCC(C1)N2C(C1=CCC(C(=O)N2CCCCCC2)C=C1)c1cccc(CC)c1. The number of likely N-dealkylation sites (tertiary alicyclic amines) is 2. The zero-order valence-corrected chi connectivity index (χ0v) is 22.3. The Morgan fingerprint density at radius 1 is 1.08 bits per heavy atom. The summed E-state index contributed by atoms with van der Waals surface area (Å²) in [6.07, 6.45) is 19.5. The van der Waals surface area contributed by atoms with Gasteiger partial charge in [0.25, 0.3) is 0 Å². The van der Waals surface area contributed by atoms with Gasteiger partial charge in [0.05, 0.1) is 12.0 Å². The van der Waals surface area contributed by atoms with Crippen molar-refractivity contribution < 1.29 is 4.79 Å². The number of allylic oxidation sites excluding steroid dienone is 1. The van der Waals surface area contributed by atoms with E-state index in [1.165, 1.54) is 48.8 Å². The Kier molecular flexibility index (Phi) is 8.43. The van der Waals surface area contributed by atoms with Crippen LogP contribution in [0.25, 0.3) is 0 Å². The maximum Gasteiger partial charge on any atom is 0.229 e. The molecule has 36 heavy (non-hydrogen) atoms. The lowest BCUT2D eigenvalue weighted by atomic mass is 9.87. The molecule has 0 aromatic heterocycles. The van der Waals surface area contributed by atoms with Gasteiger partial charge in [0.1, 0.15) is 0 Å². The van der Waals surface area contributed by atoms with Crippen LogP contribution in [-0.2, 0) is 11.2 Å². The minimum atomic E-state index is -0.00147. The summed E-state index contributed by atoms with van der Waals surface area (Å²) in [6, 6.07) is 10.7. The molecule has 0 N–H and O–H groups in total. The van der Waals surface area contributed by atoms with Crippen molar-refractivity contribution >= 4 is 5.91 Å². The van der Waals surface area contributed by atoms with Gasteiger partial charge < -0.3 is 4.90 Å². The number of rotatable bonds is 7. The number of hydrogen-bond donors (Lipinski definition) is 0. The number of amides is 1. The minimum Gasteiger partial charge on any atom is -0.342 e. The van der Waals surface area contributed by atoms with E-state index < -0.39 is 0 Å². The molecule has 2 bridgehead atoms. The number of benzene rings is 1. The van der Waals surface area contributed by atoms with Crippen molar-refractivity contribution in [1.82, 2.24) is 14.7 Å². The molecule has 4 nitrogen and oxygen atoms in total. The smallest absolute Gasteiger partial charge is 0.229 e. The van der Waals surface area contributed by atoms with Gasteiger partial charge in [-0.15, -0.1) is 6.58 Å². The third kappa shape index (κ3) is 5.55. The van der Waals surface area contributed by atoms with Gasteiger partial charge in [-0.1, -0.05) is 68.3 Å². The Morgan fingerprint density at radius 3 is 2.61 bits per heavy atom. The molecular weight excluding hydrogens is 442 g/mol. The van der Waals surface area contributed by atoms with E-state index in [9.17, 15) is 4.79 Å². The summed E-state index contributed by atoms with van der Waals surface area (Å²) >= 11 is 0. The number of nitrogens with zero attached hydrogens (tertiary/aromatic N) is 3. The molecule has 5 rings (SSSR count). The highest BCUT2D eigenvalue weighted by atomic mass is 16.2. The van der Waals surface area contributed by atoms with E-state index in [0.29, 0.717) is 18.0 Å². The van der Waals surface area contributed by atoms with Crippen molar-refractivity contribution in [2.45, 2.75) is 82.8 Å². The third-order valence-corrected chi connectivity index (χ3v) is 8.96. The molecule has 0 spiro atoms. The Morgan fingerprint density at radius 2 is 1.89 bits per heavy atom. The first-order valence-corrected chi connectivity index (χ1v) is 14.5. The summed E-state index contributed by atoms with van der Waals surface area (Å²) in [6.45, 7) is 11.4. The lowest BCUT2D eigenvalue weighted by Gasteiger charge is -2.38. The summed E-state index contributed by atoms with van der Waals surface area (Å²) in [7, 11) is 0. The van der Waals surface area contributed by atoms with Crippen LogP contribution in [-0.4, -0.2) is 65.4 Å². The second-order valence-electron chi connectivity index (χ2n) is 11.3. The summed E-state index contributed by atoms with van der Waals surface area (Å²) in [5, 5.41) is 0. The Bertz CT molecular complexity index is 973. The van der Waals surface area contributed by atoms with E-state index in [0.717, 1.165) is 58.4 Å². The van der Waals surface area contributed by atoms with Gasteiger partial charge in [-0.2, -0.15) is 0 Å². The van der Waals surface area contributed by atoms with E-state index in [4.69, 9.17) is 0 Å². The predicted octanol–water partition coefficient (Wildman–Crippen LogP) is 5.92. The number of carbonyl (C=O) groups is 1. The zero-order chi connectivity index (χ0) is 24.9. The highest BCUT2D eigenvalue weighted by Crippen LogP contribution is 2.43. The van der Waals surface area contributed by atoms with Gasteiger partial charge in [0.2, 0.25) is 5.91 Å². The lowest BCUT2D eigenvalue weighted by molar-refractivity contribution is -0.133. The Hall–Kier alpha value is -2.17. The minimum absolute atomic E-state index is 0.00147. The summed E-state index contributed by atoms with van der Waals surface area (Å²) in [5.41, 5.74) is 4.21. The molecule has 3 saturated heterocycles. The Labute approximate surface area is 218 Å². The number of fused-ring (bicyclic) bond motifs is 2. The summed E-state index contributed by atoms with van der Waals surface area (Å²) in [5.74, 6) is 0.335. The average molecular weight is 488 g/mol. The lowest BCUT2D eigenvalue weighted by Crippen LogP contribution is -2.42.